The third kappa shape index (κ3) is 4.56. The van der Waals surface area contributed by atoms with E-state index in [0.717, 1.165) is 5.56 Å². The maximum Gasteiger partial charge on any atom is 0.219 e. The summed E-state index contributed by atoms with van der Waals surface area (Å²) < 4.78 is 5.76. The highest BCUT2D eigenvalue weighted by molar-refractivity contribution is 6.15. The van der Waals surface area contributed by atoms with Crippen molar-refractivity contribution in [3.05, 3.63) is 93.8 Å². The minimum atomic E-state index is -0.435. The molecule has 1 aromatic heterocycles. The molecule has 0 aliphatic carbocycles. The first-order valence-corrected chi connectivity index (χ1v) is 9.54. The normalized spacial score (nSPS) is 11.1. The molecule has 5 nitrogen and oxygen atoms in total. The summed E-state index contributed by atoms with van der Waals surface area (Å²) >= 11 is 0. The number of hydrogen-bond acceptors (Lipinski definition) is 4. The first-order chi connectivity index (χ1) is 14.4. The molecule has 0 saturated heterocycles. The maximum atomic E-state index is 12.9. The number of aryl methyl sites for hydroxylation is 1. The van der Waals surface area contributed by atoms with Gasteiger partial charge >= 0.3 is 0 Å². The Labute approximate surface area is 175 Å². The third-order valence-electron chi connectivity index (χ3n) is 4.82. The molecule has 1 N–H and O–H groups in total. The van der Waals surface area contributed by atoms with E-state index in [2.05, 4.69) is 4.98 Å². The Kier molecular flexibility index (Phi) is 6.29. The van der Waals surface area contributed by atoms with E-state index >= 15 is 0 Å². The van der Waals surface area contributed by atoms with E-state index in [1.54, 1.807) is 38.1 Å². The van der Waals surface area contributed by atoms with E-state index in [-0.39, 0.29) is 17.1 Å². The fourth-order valence-electron chi connectivity index (χ4n) is 3.36. The van der Waals surface area contributed by atoms with Gasteiger partial charge in [0.05, 0.1) is 5.69 Å². The number of carbonyl (C=O) groups excluding carboxylic acids is 2. The number of carbonyl (C=O) groups is 2. The third-order valence-corrected chi connectivity index (χ3v) is 4.82. The average Bonchev–Trinajstić information content (AvgIpc) is 3.05. The molecule has 0 saturated carbocycles. The Morgan fingerprint density at radius 3 is 2.30 bits per heavy atom. The van der Waals surface area contributed by atoms with Crippen LogP contribution in [0, 0.1) is 25.2 Å². The maximum absolute atomic E-state index is 12.9. The zero-order valence-electron chi connectivity index (χ0n) is 17.2. The summed E-state index contributed by atoms with van der Waals surface area (Å²) in [5, 5.41) is 9.52. The van der Waals surface area contributed by atoms with Gasteiger partial charge in [0.2, 0.25) is 5.78 Å². The van der Waals surface area contributed by atoms with Crippen molar-refractivity contribution in [2.24, 2.45) is 0 Å². The van der Waals surface area contributed by atoms with Crippen LogP contribution in [-0.2, 0) is 6.61 Å². The van der Waals surface area contributed by atoms with Crippen LogP contribution < -0.4 is 4.74 Å². The van der Waals surface area contributed by atoms with Crippen molar-refractivity contribution in [1.29, 1.82) is 5.26 Å². The lowest BCUT2D eigenvalue weighted by Crippen LogP contribution is -2.05. The van der Waals surface area contributed by atoms with Crippen molar-refractivity contribution in [3.8, 4) is 11.8 Å². The highest BCUT2D eigenvalue weighted by Crippen LogP contribution is 2.22. The van der Waals surface area contributed by atoms with Gasteiger partial charge in [0, 0.05) is 11.3 Å². The van der Waals surface area contributed by atoms with E-state index < -0.39 is 5.78 Å². The van der Waals surface area contributed by atoms with Gasteiger partial charge in [0.25, 0.3) is 0 Å². The molecule has 0 unspecified atom stereocenters. The van der Waals surface area contributed by atoms with Crippen LogP contribution in [0.4, 0.5) is 0 Å². The van der Waals surface area contributed by atoms with E-state index in [1.807, 2.05) is 36.4 Å². The van der Waals surface area contributed by atoms with Crippen LogP contribution in [-0.4, -0.2) is 16.6 Å². The zero-order chi connectivity index (χ0) is 21.7. The summed E-state index contributed by atoms with van der Waals surface area (Å²) in [6.07, 6.45) is 1.53. The van der Waals surface area contributed by atoms with Crippen LogP contribution in [0.3, 0.4) is 0 Å². The largest absolute Gasteiger partial charge is 0.489 e. The first kappa shape index (κ1) is 20.8. The predicted octanol–water partition coefficient (Wildman–Crippen LogP) is 5.20. The summed E-state index contributed by atoms with van der Waals surface area (Å²) in [4.78, 5) is 27.6. The number of hydrogen-bond donors (Lipinski definition) is 1. The van der Waals surface area contributed by atoms with Gasteiger partial charge in [-0.15, -0.1) is 0 Å². The van der Waals surface area contributed by atoms with E-state index in [0.29, 0.717) is 34.7 Å². The lowest BCUT2D eigenvalue weighted by Gasteiger charge is -2.06. The number of nitrogens with one attached hydrogen (secondary N) is 1. The molecule has 0 fully saturated rings. The topological polar surface area (TPSA) is 83.0 Å². The number of nitriles is 1. The number of aromatic amines is 1. The zero-order valence-corrected chi connectivity index (χ0v) is 17.2. The molecule has 0 bridgehead atoms. The molecule has 0 aliphatic rings. The lowest BCUT2D eigenvalue weighted by atomic mass is 10.0. The quantitative estimate of drug-likeness (QED) is 0.337. The van der Waals surface area contributed by atoms with Gasteiger partial charge in [0.1, 0.15) is 24.0 Å². The molecule has 150 valence electrons. The Balaban J connectivity index is 1.77. The van der Waals surface area contributed by atoms with E-state index in [9.17, 15) is 14.9 Å². The van der Waals surface area contributed by atoms with E-state index in [1.165, 1.54) is 13.0 Å². The van der Waals surface area contributed by atoms with Gasteiger partial charge in [-0.25, -0.2) is 0 Å². The molecule has 0 radical (unpaired) electrons. The van der Waals surface area contributed by atoms with Crippen LogP contribution in [0.25, 0.3) is 6.08 Å². The molecule has 3 aromatic rings. The van der Waals surface area contributed by atoms with Crippen molar-refractivity contribution in [2.75, 3.05) is 0 Å². The monoisotopic (exact) mass is 398 g/mol. The Morgan fingerprint density at radius 1 is 1.07 bits per heavy atom. The molecule has 0 spiro atoms. The summed E-state index contributed by atoms with van der Waals surface area (Å²) in [7, 11) is 0. The van der Waals surface area contributed by atoms with Crippen LogP contribution in [0.15, 0.2) is 60.2 Å². The number of nitrogens with zero attached hydrogens (tertiary/aromatic N) is 1. The van der Waals surface area contributed by atoms with Crippen molar-refractivity contribution in [3.63, 3.8) is 0 Å². The van der Waals surface area contributed by atoms with Crippen LogP contribution in [0.5, 0.6) is 5.75 Å². The second kappa shape index (κ2) is 9.06. The number of allylic oxidation sites excluding steroid dienone is 1. The fourth-order valence-corrected chi connectivity index (χ4v) is 3.36. The smallest absolute Gasteiger partial charge is 0.219 e. The number of benzene rings is 2. The highest BCUT2D eigenvalue weighted by Gasteiger charge is 2.22. The van der Waals surface area contributed by atoms with E-state index in [4.69, 9.17) is 4.74 Å². The summed E-state index contributed by atoms with van der Waals surface area (Å²) in [6.45, 7) is 5.37. The molecule has 0 atom stereocenters. The minimum absolute atomic E-state index is 0.00703. The van der Waals surface area contributed by atoms with Crippen molar-refractivity contribution < 1.29 is 14.3 Å². The second-order valence-electron chi connectivity index (χ2n) is 7.02. The molecular weight excluding hydrogens is 376 g/mol. The van der Waals surface area contributed by atoms with Crippen molar-refractivity contribution in [1.82, 2.24) is 4.98 Å². The molecule has 5 heteroatoms. The Morgan fingerprint density at radius 2 is 1.73 bits per heavy atom. The molecule has 30 heavy (non-hydrogen) atoms. The number of H-pyrrole nitrogens is 1. The SMILES string of the molecule is CC(=O)c1c(C)[nH]c(C(=O)/C(C#N)=C/c2ccc(OCc3ccccc3)cc2)c1C. The van der Waals surface area contributed by atoms with Crippen molar-refractivity contribution >= 4 is 17.6 Å². The highest BCUT2D eigenvalue weighted by atomic mass is 16.5. The molecule has 0 aliphatic heterocycles. The Hall–Kier alpha value is -3.91. The van der Waals surface area contributed by atoms with Crippen LogP contribution in [0.1, 0.15) is 50.2 Å². The summed E-state index contributed by atoms with van der Waals surface area (Å²) in [6, 6.07) is 19.0. The van der Waals surface area contributed by atoms with Crippen molar-refractivity contribution in [2.45, 2.75) is 27.4 Å². The van der Waals surface area contributed by atoms with Gasteiger partial charge in [-0.1, -0.05) is 42.5 Å². The fraction of sp³-hybridized carbons (Fsp3) is 0.160. The predicted molar refractivity (Wildman–Crippen MR) is 115 cm³/mol. The van der Waals surface area contributed by atoms with Gasteiger partial charge < -0.3 is 9.72 Å². The molecule has 3 rings (SSSR count). The summed E-state index contributed by atoms with van der Waals surface area (Å²) in [5.74, 6) is 0.145. The lowest BCUT2D eigenvalue weighted by molar-refractivity contribution is 0.101. The Bertz CT molecular complexity index is 1150. The number of ketones is 2. The molecule has 2 aromatic carbocycles. The second-order valence-corrected chi connectivity index (χ2v) is 7.02. The minimum Gasteiger partial charge on any atom is -0.489 e. The number of aromatic nitrogens is 1. The van der Waals surface area contributed by atoms with Gasteiger partial charge in [-0.05, 0) is 55.7 Å². The molecule has 0 amide bonds. The van der Waals surface area contributed by atoms with Crippen LogP contribution >= 0.6 is 0 Å². The van der Waals surface area contributed by atoms with Crippen LogP contribution in [0.2, 0.25) is 0 Å². The van der Waals surface area contributed by atoms with Gasteiger partial charge in [-0.3, -0.25) is 9.59 Å². The number of Topliss-reactive ketones (excluding diaryl/α,β-unsaturated/α-hetero) is 2. The number of rotatable bonds is 7. The standard InChI is InChI=1S/C25H22N2O3/c1-16-23(18(3)28)17(2)27-24(16)25(29)21(14-26)13-19-9-11-22(12-10-19)30-15-20-7-5-4-6-8-20/h4-13,27H,15H2,1-3H3/b21-13+. The van der Waals surface area contributed by atoms with Gasteiger partial charge in [0.15, 0.2) is 5.78 Å². The molecular formula is C25H22N2O3. The summed E-state index contributed by atoms with van der Waals surface area (Å²) in [5.41, 5.74) is 3.73. The first-order valence-electron chi connectivity index (χ1n) is 9.54. The molecule has 1 heterocycles. The number of ether oxygens (including phenoxy) is 1. The average molecular weight is 398 g/mol. The van der Waals surface area contributed by atoms with Gasteiger partial charge in [-0.2, -0.15) is 5.26 Å².